The van der Waals surface area contributed by atoms with Gasteiger partial charge in [0.1, 0.15) is 0 Å². The minimum absolute atomic E-state index is 0.120. The van der Waals surface area contributed by atoms with Crippen LogP contribution in [-0.2, 0) is 17.8 Å². The third-order valence-corrected chi connectivity index (χ3v) is 4.67. The summed E-state index contributed by atoms with van der Waals surface area (Å²) in [6.07, 6.45) is 0. The van der Waals surface area contributed by atoms with Crippen LogP contribution < -0.4 is 4.31 Å². The molecular weight excluding hydrogens is 350 g/mol. The Hall–Kier alpha value is -2.96. The number of hydrogen-bond donors (Lipinski definition) is 2. The molecular formula is C20H17NO4S. The average molecular weight is 367 g/mol. The summed E-state index contributed by atoms with van der Waals surface area (Å²) in [6.45, 7) is 0.120. The molecule has 3 aromatic rings. The Morgan fingerprint density at radius 3 is 2.15 bits per heavy atom. The van der Waals surface area contributed by atoms with Gasteiger partial charge in [0, 0.05) is 0 Å². The Morgan fingerprint density at radius 2 is 1.54 bits per heavy atom. The fraction of sp³-hybridized carbons (Fsp3) is 0.0500. The van der Waals surface area contributed by atoms with Gasteiger partial charge in [0.25, 0.3) is 11.3 Å². The van der Waals surface area contributed by atoms with Gasteiger partial charge >= 0.3 is 5.97 Å². The zero-order valence-electron chi connectivity index (χ0n) is 13.8. The maximum atomic E-state index is 11.8. The van der Waals surface area contributed by atoms with Gasteiger partial charge in [-0.3, -0.25) is 8.86 Å². The third kappa shape index (κ3) is 4.17. The van der Waals surface area contributed by atoms with Crippen LogP contribution in [0.4, 0.5) is 5.69 Å². The number of carbonyl (C=O) groups is 1. The van der Waals surface area contributed by atoms with Gasteiger partial charge in [0.15, 0.2) is 0 Å². The molecule has 6 heteroatoms. The zero-order valence-corrected chi connectivity index (χ0v) is 14.6. The minimum Gasteiger partial charge on any atom is -0.478 e. The first kappa shape index (κ1) is 17.8. The molecule has 0 fully saturated rings. The summed E-state index contributed by atoms with van der Waals surface area (Å²) in [7, 11) is 0. The molecule has 1 atom stereocenters. The Bertz CT molecular complexity index is 926. The molecule has 0 aliphatic heterocycles. The van der Waals surface area contributed by atoms with Gasteiger partial charge in [0.05, 0.1) is 17.8 Å². The molecule has 0 bridgehead atoms. The maximum Gasteiger partial charge on any atom is 0.335 e. The van der Waals surface area contributed by atoms with Crippen molar-refractivity contribution in [2.45, 2.75) is 6.54 Å². The van der Waals surface area contributed by atoms with Crippen LogP contribution in [0.25, 0.3) is 11.1 Å². The van der Waals surface area contributed by atoms with E-state index < -0.39 is 17.2 Å². The number of carboxylic acid groups (broad SMARTS) is 1. The Kier molecular flexibility index (Phi) is 5.46. The first-order chi connectivity index (χ1) is 12.5. The Morgan fingerprint density at radius 1 is 0.885 bits per heavy atom. The molecule has 3 rings (SSSR count). The second-order valence-corrected chi connectivity index (χ2v) is 6.59. The lowest BCUT2D eigenvalue weighted by molar-refractivity contribution is 0.0696. The molecule has 0 spiro atoms. The largest absolute Gasteiger partial charge is 0.478 e. The summed E-state index contributed by atoms with van der Waals surface area (Å²) >= 11 is -2.24. The van der Waals surface area contributed by atoms with E-state index in [1.807, 2.05) is 42.5 Å². The molecule has 0 aliphatic carbocycles. The number of benzene rings is 3. The predicted octanol–water partition coefficient (Wildman–Crippen LogP) is 4.20. The number of carboxylic acids is 1. The van der Waals surface area contributed by atoms with Crippen molar-refractivity contribution < 1.29 is 18.7 Å². The molecule has 0 aliphatic rings. The van der Waals surface area contributed by atoms with Crippen molar-refractivity contribution >= 4 is 22.9 Å². The first-order valence-corrected chi connectivity index (χ1v) is 8.97. The molecule has 0 amide bonds. The van der Waals surface area contributed by atoms with Crippen LogP contribution in [-0.4, -0.2) is 19.8 Å². The van der Waals surface area contributed by atoms with Gasteiger partial charge in [0.2, 0.25) is 0 Å². The molecule has 1 unspecified atom stereocenters. The minimum atomic E-state index is -2.24. The van der Waals surface area contributed by atoms with Crippen molar-refractivity contribution in [3.63, 3.8) is 0 Å². The summed E-state index contributed by atoms with van der Waals surface area (Å²) in [5.74, 6) is -1.03. The van der Waals surface area contributed by atoms with E-state index in [0.29, 0.717) is 11.3 Å². The predicted molar refractivity (Wildman–Crippen MR) is 102 cm³/mol. The van der Waals surface area contributed by atoms with Crippen LogP contribution in [0, 0.1) is 0 Å². The van der Waals surface area contributed by atoms with Gasteiger partial charge in [-0.1, -0.05) is 54.6 Å². The van der Waals surface area contributed by atoms with E-state index in [9.17, 15) is 13.6 Å². The highest BCUT2D eigenvalue weighted by atomic mass is 32.2. The van der Waals surface area contributed by atoms with E-state index in [-0.39, 0.29) is 12.1 Å². The highest BCUT2D eigenvalue weighted by Gasteiger charge is 2.14. The second kappa shape index (κ2) is 7.95. The van der Waals surface area contributed by atoms with Crippen molar-refractivity contribution in [3.8, 4) is 11.1 Å². The summed E-state index contributed by atoms with van der Waals surface area (Å²) < 4.78 is 22.8. The van der Waals surface area contributed by atoms with E-state index in [0.717, 1.165) is 11.1 Å². The molecule has 26 heavy (non-hydrogen) atoms. The van der Waals surface area contributed by atoms with E-state index in [2.05, 4.69) is 0 Å². The van der Waals surface area contributed by atoms with Gasteiger partial charge in [-0.15, -0.1) is 0 Å². The molecule has 132 valence electrons. The van der Waals surface area contributed by atoms with Crippen LogP contribution in [0.1, 0.15) is 15.9 Å². The SMILES string of the molecule is O=C(O)c1cccc(CN(c2ccc(-c3ccccc3)cc2)S(=O)O)c1. The molecule has 0 radical (unpaired) electrons. The zero-order chi connectivity index (χ0) is 18.5. The number of anilines is 1. The summed E-state index contributed by atoms with van der Waals surface area (Å²) in [4.78, 5) is 11.1. The number of hydrogen-bond acceptors (Lipinski definition) is 2. The topological polar surface area (TPSA) is 77.8 Å². The van der Waals surface area contributed by atoms with Crippen LogP contribution in [0.2, 0.25) is 0 Å². The first-order valence-electron chi connectivity index (χ1n) is 7.91. The molecule has 0 heterocycles. The average Bonchev–Trinajstić information content (AvgIpc) is 2.67. The van der Waals surface area contributed by atoms with Crippen LogP contribution >= 0.6 is 0 Å². The van der Waals surface area contributed by atoms with Crippen LogP contribution in [0.5, 0.6) is 0 Å². The summed E-state index contributed by atoms with van der Waals surface area (Å²) in [6, 6.07) is 23.5. The molecule has 3 aromatic carbocycles. The number of nitrogens with zero attached hydrogens (tertiary/aromatic N) is 1. The smallest absolute Gasteiger partial charge is 0.335 e. The van der Waals surface area contributed by atoms with E-state index >= 15 is 0 Å². The van der Waals surface area contributed by atoms with Crippen molar-refractivity contribution in [1.82, 2.24) is 0 Å². The number of aromatic carboxylic acids is 1. The quantitative estimate of drug-likeness (QED) is 0.640. The highest BCUT2D eigenvalue weighted by molar-refractivity contribution is 7.80. The second-order valence-electron chi connectivity index (χ2n) is 5.69. The van der Waals surface area contributed by atoms with E-state index in [4.69, 9.17) is 5.11 Å². The highest BCUT2D eigenvalue weighted by Crippen LogP contribution is 2.25. The molecule has 2 N–H and O–H groups in total. The fourth-order valence-corrected chi connectivity index (χ4v) is 3.22. The molecule has 0 saturated heterocycles. The van der Waals surface area contributed by atoms with Crippen molar-refractivity contribution in [2.75, 3.05) is 4.31 Å². The monoisotopic (exact) mass is 367 g/mol. The van der Waals surface area contributed by atoms with Gasteiger partial charge < -0.3 is 5.11 Å². The molecule has 0 aromatic heterocycles. The van der Waals surface area contributed by atoms with Gasteiger partial charge in [-0.25, -0.2) is 9.00 Å². The van der Waals surface area contributed by atoms with Gasteiger partial charge in [-0.05, 0) is 41.0 Å². The normalized spacial score (nSPS) is 11.7. The van der Waals surface area contributed by atoms with E-state index in [1.54, 1.807) is 24.3 Å². The third-order valence-electron chi connectivity index (χ3n) is 3.95. The number of rotatable bonds is 6. The summed E-state index contributed by atoms with van der Waals surface area (Å²) in [5.41, 5.74) is 3.42. The lowest BCUT2D eigenvalue weighted by atomic mass is 10.1. The fourth-order valence-electron chi connectivity index (χ4n) is 2.66. The van der Waals surface area contributed by atoms with E-state index in [1.165, 1.54) is 16.4 Å². The Labute approximate surface area is 154 Å². The molecule has 0 saturated carbocycles. The van der Waals surface area contributed by atoms with Crippen LogP contribution in [0.3, 0.4) is 0 Å². The van der Waals surface area contributed by atoms with Crippen molar-refractivity contribution in [1.29, 1.82) is 0 Å². The maximum absolute atomic E-state index is 11.8. The van der Waals surface area contributed by atoms with Crippen molar-refractivity contribution in [3.05, 3.63) is 90.0 Å². The van der Waals surface area contributed by atoms with Gasteiger partial charge in [-0.2, -0.15) is 0 Å². The van der Waals surface area contributed by atoms with Crippen LogP contribution in [0.15, 0.2) is 78.9 Å². The molecule has 5 nitrogen and oxygen atoms in total. The summed E-state index contributed by atoms with van der Waals surface area (Å²) in [5, 5.41) is 9.09. The standard InChI is InChI=1S/C20H17NO4S/c22-20(23)18-8-4-5-15(13-18)14-21(26(24)25)19-11-9-17(10-12-19)16-6-2-1-3-7-16/h1-13H,14H2,(H,22,23)(H,24,25). The Balaban J connectivity index is 1.85. The van der Waals surface area contributed by atoms with Crippen molar-refractivity contribution in [2.24, 2.45) is 0 Å². The lowest BCUT2D eigenvalue weighted by Gasteiger charge is -2.20. The lowest BCUT2D eigenvalue weighted by Crippen LogP contribution is -2.24.